The van der Waals surface area contributed by atoms with Crippen LogP contribution in [-0.4, -0.2) is 65.5 Å². The van der Waals surface area contributed by atoms with Gasteiger partial charge in [0, 0.05) is 58.2 Å². The largest absolute Gasteiger partial charge is 0.370 e. The van der Waals surface area contributed by atoms with Crippen LogP contribution < -0.4 is 10.2 Å². The molecule has 0 amide bonds. The van der Waals surface area contributed by atoms with Crippen LogP contribution in [0.5, 0.6) is 0 Å². The van der Waals surface area contributed by atoms with E-state index in [1.807, 2.05) is 37.4 Å². The number of aliphatic imine (C=N–C) groups is 1. The lowest BCUT2D eigenvalue weighted by Crippen LogP contribution is -2.47. The van der Waals surface area contributed by atoms with Crippen LogP contribution in [0, 0.1) is 5.92 Å². The van der Waals surface area contributed by atoms with E-state index in [2.05, 4.69) is 44.3 Å². The van der Waals surface area contributed by atoms with Crippen LogP contribution in [0.4, 0.5) is 5.82 Å². The Kier molecular flexibility index (Phi) is 8.53. The summed E-state index contributed by atoms with van der Waals surface area (Å²) in [5.41, 5.74) is 2.26. The third kappa shape index (κ3) is 6.09. The van der Waals surface area contributed by atoms with E-state index >= 15 is 0 Å². The fraction of sp³-hybridized carbons (Fsp3) is 0.591. The minimum absolute atomic E-state index is 0. The molecule has 0 spiro atoms. The lowest BCUT2D eigenvalue weighted by atomic mass is 9.99. The smallest absolute Gasteiger partial charge is 0.194 e. The molecule has 1 N–H and O–H groups in total. The van der Waals surface area contributed by atoms with Crippen molar-refractivity contribution in [2.75, 3.05) is 44.7 Å². The van der Waals surface area contributed by atoms with Gasteiger partial charge >= 0.3 is 0 Å². The summed E-state index contributed by atoms with van der Waals surface area (Å²) in [6.07, 6.45) is 8.38. The van der Waals surface area contributed by atoms with Gasteiger partial charge in [-0.05, 0) is 30.4 Å². The zero-order chi connectivity index (χ0) is 20.9. The standard InChI is InChI=1S/C22H33N7O.HI/c1-17-6-8-28(9-7-17)21-5-4-18(12-24-21)13-25-22(23-2)29-10-11-30-20(16-29)19-14-26-27(3)15-19;/h4-5,12,14-15,17,20H,6-11,13,16H2,1-3H3,(H,23,25);1H. The SMILES string of the molecule is CN=C(NCc1ccc(N2CCC(C)CC2)nc1)N1CCOC(c2cnn(C)c2)C1.I. The Morgan fingerprint density at radius 3 is 2.68 bits per heavy atom. The fourth-order valence-electron chi connectivity index (χ4n) is 4.11. The van der Waals surface area contributed by atoms with Crippen LogP contribution in [0.25, 0.3) is 0 Å². The number of hydrogen-bond acceptors (Lipinski definition) is 5. The number of piperidine rings is 1. The molecule has 0 radical (unpaired) electrons. The highest BCUT2D eigenvalue weighted by Crippen LogP contribution is 2.22. The Morgan fingerprint density at radius 2 is 2.03 bits per heavy atom. The predicted molar refractivity (Wildman–Crippen MR) is 134 cm³/mol. The summed E-state index contributed by atoms with van der Waals surface area (Å²) >= 11 is 0. The molecule has 1 unspecified atom stereocenters. The molecule has 1 atom stereocenters. The van der Waals surface area contributed by atoms with Gasteiger partial charge in [0.1, 0.15) is 11.9 Å². The first-order chi connectivity index (χ1) is 14.6. The number of aryl methyl sites for hydroxylation is 1. The summed E-state index contributed by atoms with van der Waals surface area (Å²) in [7, 11) is 3.76. The van der Waals surface area contributed by atoms with Crippen LogP contribution in [0.2, 0.25) is 0 Å². The second-order valence-electron chi connectivity index (χ2n) is 8.35. The number of rotatable bonds is 4. The molecule has 0 bridgehead atoms. The van der Waals surface area contributed by atoms with E-state index in [0.29, 0.717) is 13.2 Å². The Hall–Kier alpha value is -1.88. The van der Waals surface area contributed by atoms with E-state index in [1.165, 1.54) is 12.8 Å². The number of aromatic nitrogens is 3. The van der Waals surface area contributed by atoms with Crippen molar-refractivity contribution in [3.8, 4) is 0 Å². The van der Waals surface area contributed by atoms with Gasteiger partial charge in [0.2, 0.25) is 0 Å². The van der Waals surface area contributed by atoms with E-state index in [0.717, 1.165) is 55.0 Å². The quantitative estimate of drug-likeness (QED) is 0.366. The second kappa shape index (κ2) is 11.1. The minimum Gasteiger partial charge on any atom is -0.370 e. The Morgan fingerprint density at radius 1 is 1.23 bits per heavy atom. The molecule has 8 nitrogen and oxygen atoms in total. The molecule has 2 aliphatic rings. The van der Waals surface area contributed by atoms with Gasteiger partial charge in [0.15, 0.2) is 5.96 Å². The zero-order valence-corrected chi connectivity index (χ0v) is 21.0. The molecule has 4 rings (SSSR count). The molecule has 0 saturated carbocycles. The Bertz CT molecular complexity index is 846. The van der Waals surface area contributed by atoms with Gasteiger partial charge in [-0.2, -0.15) is 5.10 Å². The van der Waals surface area contributed by atoms with Crippen LogP contribution in [-0.2, 0) is 18.3 Å². The predicted octanol–water partition coefficient (Wildman–Crippen LogP) is 2.82. The van der Waals surface area contributed by atoms with Crippen molar-refractivity contribution in [2.45, 2.75) is 32.4 Å². The highest BCUT2D eigenvalue weighted by atomic mass is 127. The summed E-state index contributed by atoms with van der Waals surface area (Å²) in [6, 6.07) is 4.31. The first kappa shape index (κ1) is 23.8. The number of halogens is 1. The Labute approximate surface area is 202 Å². The monoisotopic (exact) mass is 539 g/mol. The minimum atomic E-state index is 0. The van der Waals surface area contributed by atoms with Crippen LogP contribution in [0.15, 0.2) is 35.7 Å². The molecule has 2 saturated heterocycles. The first-order valence-electron chi connectivity index (χ1n) is 10.9. The number of nitrogens with one attached hydrogen (secondary N) is 1. The van der Waals surface area contributed by atoms with E-state index in [4.69, 9.17) is 9.72 Å². The van der Waals surface area contributed by atoms with Gasteiger partial charge in [0.05, 0.1) is 19.3 Å². The number of morpholine rings is 1. The highest BCUT2D eigenvalue weighted by Gasteiger charge is 2.25. The van der Waals surface area contributed by atoms with Crippen molar-refractivity contribution in [3.05, 3.63) is 41.9 Å². The number of pyridine rings is 1. The van der Waals surface area contributed by atoms with Gasteiger partial charge in [-0.3, -0.25) is 9.67 Å². The molecule has 9 heteroatoms. The molecule has 2 aromatic heterocycles. The molecule has 0 aliphatic carbocycles. The summed E-state index contributed by atoms with van der Waals surface area (Å²) in [4.78, 5) is 13.8. The maximum Gasteiger partial charge on any atom is 0.194 e. The van der Waals surface area contributed by atoms with Crippen molar-refractivity contribution < 1.29 is 4.74 Å². The lowest BCUT2D eigenvalue weighted by molar-refractivity contribution is -0.00805. The second-order valence-corrected chi connectivity index (χ2v) is 8.35. The summed E-state index contributed by atoms with van der Waals surface area (Å²) in [6.45, 7) is 7.49. The van der Waals surface area contributed by atoms with Crippen molar-refractivity contribution in [1.29, 1.82) is 0 Å². The number of guanidine groups is 1. The molecule has 2 aliphatic heterocycles. The lowest BCUT2D eigenvalue weighted by Gasteiger charge is -2.34. The topological polar surface area (TPSA) is 70.8 Å². The average molecular weight is 539 g/mol. The molecule has 31 heavy (non-hydrogen) atoms. The molecule has 2 aromatic rings. The summed E-state index contributed by atoms with van der Waals surface area (Å²) < 4.78 is 7.76. The van der Waals surface area contributed by atoms with E-state index in [9.17, 15) is 0 Å². The molecule has 0 aromatic carbocycles. The third-order valence-corrected chi connectivity index (χ3v) is 6.04. The van der Waals surface area contributed by atoms with Crippen molar-refractivity contribution >= 4 is 35.8 Å². The van der Waals surface area contributed by atoms with E-state index < -0.39 is 0 Å². The highest BCUT2D eigenvalue weighted by molar-refractivity contribution is 14.0. The maximum absolute atomic E-state index is 5.95. The average Bonchev–Trinajstić information content (AvgIpc) is 3.22. The van der Waals surface area contributed by atoms with E-state index in [1.54, 1.807) is 0 Å². The van der Waals surface area contributed by atoms with Crippen molar-refractivity contribution in [1.82, 2.24) is 25.0 Å². The summed E-state index contributed by atoms with van der Waals surface area (Å²) in [5.74, 6) is 2.80. The maximum atomic E-state index is 5.95. The molecule has 170 valence electrons. The molecule has 4 heterocycles. The normalized spacial score (nSPS) is 20.5. The summed E-state index contributed by atoms with van der Waals surface area (Å²) in [5, 5.41) is 7.75. The number of ether oxygens (including phenoxy) is 1. The number of hydrogen-bond donors (Lipinski definition) is 1. The number of anilines is 1. The van der Waals surface area contributed by atoms with Gasteiger partial charge in [0.25, 0.3) is 0 Å². The van der Waals surface area contributed by atoms with Crippen LogP contribution in [0.3, 0.4) is 0 Å². The van der Waals surface area contributed by atoms with E-state index in [-0.39, 0.29) is 30.1 Å². The van der Waals surface area contributed by atoms with Gasteiger partial charge in [-0.1, -0.05) is 13.0 Å². The number of nitrogens with zero attached hydrogens (tertiary/aromatic N) is 6. The zero-order valence-electron chi connectivity index (χ0n) is 18.7. The van der Waals surface area contributed by atoms with Gasteiger partial charge in [-0.25, -0.2) is 4.98 Å². The third-order valence-electron chi connectivity index (χ3n) is 6.04. The van der Waals surface area contributed by atoms with Crippen molar-refractivity contribution in [3.63, 3.8) is 0 Å². The van der Waals surface area contributed by atoms with Crippen molar-refractivity contribution in [2.24, 2.45) is 18.0 Å². The van der Waals surface area contributed by atoms with Crippen LogP contribution >= 0.6 is 24.0 Å². The van der Waals surface area contributed by atoms with Crippen LogP contribution in [0.1, 0.15) is 37.0 Å². The first-order valence-corrected chi connectivity index (χ1v) is 10.9. The Balaban J connectivity index is 0.00000272. The van der Waals surface area contributed by atoms with Gasteiger partial charge in [-0.15, -0.1) is 24.0 Å². The molecular formula is C22H34IN7O. The fourth-order valence-corrected chi connectivity index (χ4v) is 4.11. The van der Waals surface area contributed by atoms with Gasteiger partial charge < -0.3 is 19.9 Å². The molecule has 2 fully saturated rings. The molecular weight excluding hydrogens is 505 g/mol.